The fraction of sp³-hybridized carbons (Fsp3) is 0.250. The second-order valence-corrected chi connectivity index (χ2v) is 10.4. The van der Waals surface area contributed by atoms with E-state index in [1.165, 1.54) is 37.7 Å². The number of carbonyl (C=O) groups is 2. The van der Waals surface area contributed by atoms with Gasteiger partial charge in [0, 0.05) is 21.3 Å². The van der Waals surface area contributed by atoms with E-state index in [0.717, 1.165) is 11.1 Å². The average Bonchev–Trinajstić information content (AvgIpc) is 3.45. The Morgan fingerprint density at radius 3 is 2.10 bits per heavy atom. The molecule has 0 spiro atoms. The highest BCUT2D eigenvalue weighted by atomic mass is 35.5. The van der Waals surface area contributed by atoms with E-state index in [0.29, 0.717) is 27.2 Å². The first kappa shape index (κ1) is 26.6. The predicted molar refractivity (Wildman–Crippen MR) is 151 cm³/mol. The summed E-state index contributed by atoms with van der Waals surface area (Å²) in [4.78, 5) is 25.6. The molecule has 0 saturated heterocycles. The lowest BCUT2D eigenvalue weighted by Gasteiger charge is -2.24. The SMILES string of the molecule is O=C(Nc1cc(Cl)cc(Cl)c1)NC(c1ccc(C(=O)Nc2nn[nH]n2)cc1)c1ccc(C2CCCCC2)cc1. The summed E-state index contributed by atoms with van der Waals surface area (Å²) in [5.41, 5.74) is 3.93. The molecule has 200 valence electrons. The number of urea groups is 1. The molecule has 0 radical (unpaired) electrons. The Hall–Kier alpha value is -3.95. The second-order valence-electron chi connectivity index (χ2n) is 9.50. The number of amides is 3. The largest absolute Gasteiger partial charge is 0.327 e. The number of rotatable bonds is 7. The molecule has 9 nitrogen and oxygen atoms in total. The number of anilines is 2. The van der Waals surface area contributed by atoms with E-state index in [9.17, 15) is 9.59 Å². The van der Waals surface area contributed by atoms with Gasteiger partial charge in [0.1, 0.15) is 0 Å². The van der Waals surface area contributed by atoms with Gasteiger partial charge in [-0.15, -0.1) is 5.10 Å². The van der Waals surface area contributed by atoms with E-state index >= 15 is 0 Å². The smallest absolute Gasteiger partial charge is 0.319 e. The van der Waals surface area contributed by atoms with Crippen molar-refractivity contribution >= 4 is 46.8 Å². The molecule has 4 aromatic rings. The summed E-state index contributed by atoms with van der Waals surface area (Å²) >= 11 is 12.2. The Balaban J connectivity index is 1.37. The van der Waals surface area contributed by atoms with Gasteiger partial charge in [-0.1, -0.05) is 84.0 Å². The average molecular weight is 564 g/mol. The van der Waals surface area contributed by atoms with E-state index in [2.05, 4.69) is 60.8 Å². The van der Waals surface area contributed by atoms with Crippen LogP contribution in [0.15, 0.2) is 66.7 Å². The van der Waals surface area contributed by atoms with Crippen molar-refractivity contribution < 1.29 is 9.59 Å². The molecule has 1 aliphatic rings. The van der Waals surface area contributed by atoms with Crippen LogP contribution in [0.4, 0.5) is 16.4 Å². The zero-order valence-corrected chi connectivity index (χ0v) is 22.5. The minimum absolute atomic E-state index is 0.0828. The number of tetrazole rings is 1. The number of carbonyl (C=O) groups excluding carboxylic acids is 2. The van der Waals surface area contributed by atoms with Crippen LogP contribution < -0.4 is 16.0 Å². The van der Waals surface area contributed by atoms with Crippen molar-refractivity contribution in [3.63, 3.8) is 0 Å². The number of nitrogens with zero attached hydrogens (tertiary/aromatic N) is 3. The maximum atomic E-state index is 13.1. The van der Waals surface area contributed by atoms with Crippen LogP contribution in [0.3, 0.4) is 0 Å². The summed E-state index contributed by atoms with van der Waals surface area (Å²) in [5.74, 6) is 0.284. The summed E-state index contributed by atoms with van der Waals surface area (Å²) in [5, 5.41) is 22.5. The monoisotopic (exact) mass is 563 g/mol. The third kappa shape index (κ3) is 6.93. The Labute approximate surface area is 235 Å². The van der Waals surface area contributed by atoms with Crippen molar-refractivity contribution in [2.75, 3.05) is 10.6 Å². The number of nitrogens with one attached hydrogen (secondary N) is 4. The highest BCUT2D eigenvalue weighted by Gasteiger charge is 2.20. The lowest BCUT2D eigenvalue weighted by Crippen LogP contribution is -2.33. The molecule has 1 atom stereocenters. The second kappa shape index (κ2) is 12.3. The Bertz CT molecular complexity index is 1400. The molecule has 39 heavy (non-hydrogen) atoms. The van der Waals surface area contributed by atoms with Gasteiger partial charge < -0.3 is 10.6 Å². The molecule has 0 aliphatic heterocycles. The molecule has 1 saturated carbocycles. The van der Waals surface area contributed by atoms with Gasteiger partial charge in [0.15, 0.2) is 0 Å². The summed E-state index contributed by atoms with van der Waals surface area (Å²) < 4.78 is 0. The van der Waals surface area contributed by atoms with Crippen LogP contribution in [-0.4, -0.2) is 32.6 Å². The highest BCUT2D eigenvalue weighted by molar-refractivity contribution is 6.35. The summed E-state index contributed by atoms with van der Waals surface area (Å²) in [6.45, 7) is 0. The molecule has 3 amide bonds. The minimum Gasteiger partial charge on any atom is -0.327 e. The molecule has 0 bridgehead atoms. The Morgan fingerprint density at radius 1 is 0.846 bits per heavy atom. The van der Waals surface area contributed by atoms with Gasteiger partial charge in [-0.25, -0.2) is 4.79 Å². The summed E-state index contributed by atoms with van der Waals surface area (Å²) in [6.07, 6.45) is 6.24. The van der Waals surface area contributed by atoms with Crippen LogP contribution >= 0.6 is 23.2 Å². The summed E-state index contributed by atoms with van der Waals surface area (Å²) in [6, 6.07) is 19.3. The number of aromatic amines is 1. The van der Waals surface area contributed by atoms with Gasteiger partial charge in [-0.2, -0.15) is 5.21 Å². The molecule has 5 rings (SSSR count). The molecular formula is C28H27Cl2N7O2. The van der Waals surface area contributed by atoms with Crippen LogP contribution in [0.25, 0.3) is 0 Å². The van der Waals surface area contributed by atoms with Gasteiger partial charge in [0.25, 0.3) is 11.9 Å². The van der Waals surface area contributed by atoms with Crippen LogP contribution in [-0.2, 0) is 0 Å². The fourth-order valence-corrected chi connectivity index (χ4v) is 5.42. The number of H-pyrrole nitrogens is 1. The zero-order chi connectivity index (χ0) is 27.2. The van der Waals surface area contributed by atoms with Gasteiger partial charge >= 0.3 is 6.03 Å². The molecule has 4 N–H and O–H groups in total. The van der Waals surface area contributed by atoms with E-state index in [1.807, 2.05) is 0 Å². The normalized spacial score (nSPS) is 14.4. The van der Waals surface area contributed by atoms with E-state index in [1.54, 1.807) is 42.5 Å². The van der Waals surface area contributed by atoms with Crippen molar-refractivity contribution in [3.05, 3.63) is 99.0 Å². The van der Waals surface area contributed by atoms with E-state index in [4.69, 9.17) is 23.2 Å². The Kier molecular flexibility index (Phi) is 8.39. The topological polar surface area (TPSA) is 125 Å². The number of benzene rings is 3. The van der Waals surface area contributed by atoms with Crippen molar-refractivity contribution in [2.24, 2.45) is 0 Å². The van der Waals surface area contributed by atoms with E-state index < -0.39 is 12.1 Å². The maximum absolute atomic E-state index is 13.1. The third-order valence-electron chi connectivity index (χ3n) is 6.82. The van der Waals surface area contributed by atoms with Crippen molar-refractivity contribution in [3.8, 4) is 0 Å². The van der Waals surface area contributed by atoms with Gasteiger partial charge in [0.2, 0.25) is 0 Å². The van der Waals surface area contributed by atoms with Crippen LogP contribution in [0.5, 0.6) is 0 Å². The molecule has 1 aromatic heterocycles. The predicted octanol–water partition coefficient (Wildman–Crippen LogP) is 6.72. The molecule has 3 aromatic carbocycles. The first-order chi connectivity index (χ1) is 18.9. The van der Waals surface area contributed by atoms with Crippen molar-refractivity contribution in [1.29, 1.82) is 0 Å². The lowest BCUT2D eigenvalue weighted by atomic mass is 9.83. The minimum atomic E-state index is -0.477. The quantitative estimate of drug-likeness (QED) is 0.198. The van der Waals surface area contributed by atoms with E-state index in [-0.39, 0.29) is 11.9 Å². The van der Waals surface area contributed by atoms with Gasteiger partial charge in [-0.05, 0) is 71.0 Å². The fourth-order valence-electron chi connectivity index (χ4n) is 4.90. The zero-order valence-electron chi connectivity index (χ0n) is 21.0. The molecule has 1 heterocycles. The lowest BCUT2D eigenvalue weighted by molar-refractivity contribution is 0.102. The number of hydrogen-bond donors (Lipinski definition) is 4. The third-order valence-corrected chi connectivity index (χ3v) is 7.26. The molecule has 1 fully saturated rings. The number of aromatic nitrogens is 4. The van der Waals surface area contributed by atoms with Crippen LogP contribution in [0.2, 0.25) is 10.0 Å². The van der Waals surface area contributed by atoms with Crippen molar-refractivity contribution in [2.45, 2.75) is 44.1 Å². The number of halogens is 2. The van der Waals surface area contributed by atoms with Crippen LogP contribution in [0.1, 0.15) is 71.1 Å². The number of hydrogen-bond acceptors (Lipinski definition) is 5. The molecule has 1 unspecified atom stereocenters. The Morgan fingerprint density at radius 2 is 1.49 bits per heavy atom. The summed E-state index contributed by atoms with van der Waals surface area (Å²) in [7, 11) is 0. The standard InChI is InChI=1S/C28H27Cl2N7O2/c29-22-14-23(30)16-24(15-22)31-28(39)32-25(19-8-6-18(7-9-19)17-4-2-1-3-5-17)20-10-12-21(13-11-20)26(38)33-27-34-36-37-35-27/h6-17,25H,1-5H2,(H2,31,32,39)(H2,33,34,35,36,37,38). The molecule has 1 aliphatic carbocycles. The van der Waals surface area contributed by atoms with Gasteiger partial charge in [0.05, 0.1) is 6.04 Å². The van der Waals surface area contributed by atoms with Crippen LogP contribution in [0, 0.1) is 0 Å². The molecular weight excluding hydrogens is 537 g/mol. The molecule has 11 heteroatoms. The van der Waals surface area contributed by atoms with Gasteiger partial charge in [-0.3, -0.25) is 10.1 Å². The van der Waals surface area contributed by atoms with Crippen molar-refractivity contribution in [1.82, 2.24) is 25.9 Å². The first-order valence-corrected chi connectivity index (χ1v) is 13.5. The maximum Gasteiger partial charge on any atom is 0.319 e. The highest BCUT2D eigenvalue weighted by Crippen LogP contribution is 2.34. The first-order valence-electron chi connectivity index (χ1n) is 12.7.